The Bertz CT molecular complexity index is 614. The standard InChI is InChI=1S/C16H25N3O6/c1-16(2,3)25-15(23)18-8-12(20)13(21)10-6-5-9(24-4)7-11(10)14(22)19-17/h5-7,12-13,20-21H,8,17H2,1-4H3,(H,18,23)(H,19,22). The third-order valence-corrected chi connectivity index (χ3v) is 3.17. The lowest BCUT2D eigenvalue weighted by Gasteiger charge is -2.23. The van der Waals surface area contributed by atoms with Crippen molar-refractivity contribution in [1.82, 2.24) is 10.7 Å². The molecule has 140 valence electrons. The Morgan fingerprint density at radius 3 is 2.44 bits per heavy atom. The van der Waals surface area contributed by atoms with E-state index in [-0.39, 0.29) is 17.7 Å². The highest BCUT2D eigenvalue weighted by molar-refractivity contribution is 5.95. The molecule has 0 spiro atoms. The van der Waals surface area contributed by atoms with Crippen molar-refractivity contribution >= 4 is 12.0 Å². The topological polar surface area (TPSA) is 143 Å². The number of rotatable bonds is 6. The summed E-state index contributed by atoms with van der Waals surface area (Å²) in [6.45, 7) is 4.83. The number of aliphatic hydroxyl groups is 2. The monoisotopic (exact) mass is 355 g/mol. The molecule has 0 fully saturated rings. The number of amides is 2. The molecular weight excluding hydrogens is 330 g/mol. The van der Waals surface area contributed by atoms with Gasteiger partial charge in [-0.2, -0.15) is 0 Å². The van der Waals surface area contributed by atoms with Gasteiger partial charge in [-0.25, -0.2) is 10.6 Å². The van der Waals surface area contributed by atoms with Gasteiger partial charge in [0, 0.05) is 6.54 Å². The van der Waals surface area contributed by atoms with E-state index in [2.05, 4.69) is 5.32 Å². The summed E-state index contributed by atoms with van der Waals surface area (Å²) in [5.74, 6) is 4.87. The molecule has 2 unspecified atom stereocenters. The number of ether oxygens (including phenoxy) is 2. The zero-order valence-electron chi connectivity index (χ0n) is 14.7. The van der Waals surface area contributed by atoms with Crippen LogP contribution in [0.4, 0.5) is 4.79 Å². The predicted molar refractivity (Wildman–Crippen MR) is 89.9 cm³/mol. The lowest BCUT2D eigenvalue weighted by molar-refractivity contribution is 0.0125. The van der Waals surface area contributed by atoms with E-state index in [0.29, 0.717) is 5.75 Å². The molecule has 2 atom stereocenters. The molecule has 0 heterocycles. The first-order chi connectivity index (χ1) is 11.6. The highest BCUT2D eigenvalue weighted by Crippen LogP contribution is 2.25. The van der Waals surface area contributed by atoms with Crippen molar-refractivity contribution in [3.63, 3.8) is 0 Å². The van der Waals surface area contributed by atoms with Crippen LogP contribution in [0, 0.1) is 0 Å². The van der Waals surface area contributed by atoms with Crippen molar-refractivity contribution in [2.45, 2.75) is 38.6 Å². The fourth-order valence-electron chi connectivity index (χ4n) is 2.02. The van der Waals surface area contributed by atoms with E-state index >= 15 is 0 Å². The maximum absolute atomic E-state index is 11.9. The maximum Gasteiger partial charge on any atom is 0.407 e. The van der Waals surface area contributed by atoms with Gasteiger partial charge in [-0.1, -0.05) is 6.07 Å². The number of hydrogen-bond donors (Lipinski definition) is 5. The average Bonchev–Trinajstić information content (AvgIpc) is 2.56. The highest BCUT2D eigenvalue weighted by Gasteiger charge is 2.25. The first-order valence-corrected chi connectivity index (χ1v) is 7.61. The van der Waals surface area contributed by atoms with Crippen LogP contribution in [0.25, 0.3) is 0 Å². The van der Waals surface area contributed by atoms with Crippen LogP contribution in [0.15, 0.2) is 18.2 Å². The minimum absolute atomic E-state index is 0.0469. The van der Waals surface area contributed by atoms with Gasteiger partial charge in [0.25, 0.3) is 5.91 Å². The molecule has 6 N–H and O–H groups in total. The van der Waals surface area contributed by atoms with Gasteiger partial charge in [-0.3, -0.25) is 10.2 Å². The SMILES string of the molecule is COc1ccc(C(O)C(O)CNC(=O)OC(C)(C)C)c(C(=O)NN)c1. The van der Waals surface area contributed by atoms with Gasteiger partial charge in [0.05, 0.1) is 12.7 Å². The molecule has 0 bridgehead atoms. The van der Waals surface area contributed by atoms with E-state index in [0.717, 1.165) is 0 Å². The van der Waals surface area contributed by atoms with Crippen LogP contribution in [0.5, 0.6) is 5.75 Å². The minimum Gasteiger partial charge on any atom is -0.497 e. The number of nitrogens with two attached hydrogens (primary N) is 1. The smallest absolute Gasteiger partial charge is 0.407 e. The molecular formula is C16H25N3O6. The number of nitrogens with one attached hydrogen (secondary N) is 2. The number of benzene rings is 1. The van der Waals surface area contributed by atoms with E-state index in [1.54, 1.807) is 20.8 Å². The molecule has 25 heavy (non-hydrogen) atoms. The molecule has 0 saturated heterocycles. The number of hydrogen-bond acceptors (Lipinski definition) is 7. The average molecular weight is 355 g/mol. The Hall–Kier alpha value is -2.36. The first-order valence-electron chi connectivity index (χ1n) is 7.61. The summed E-state index contributed by atoms with van der Waals surface area (Å²) < 4.78 is 10.1. The van der Waals surface area contributed by atoms with Crippen LogP contribution in [-0.4, -0.2) is 47.6 Å². The molecule has 0 aliphatic heterocycles. The maximum atomic E-state index is 11.9. The molecule has 0 aliphatic carbocycles. The number of carbonyl (C=O) groups is 2. The summed E-state index contributed by atoms with van der Waals surface area (Å²) in [5.41, 5.74) is 1.47. The minimum atomic E-state index is -1.44. The molecule has 0 saturated carbocycles. The number of methoxy groups -OCH3 is 1. The van der Waals surface area contributed by atoms with Gasteiger partial charge in [-0.05, 0) is 38.5 Å². The van der Waals surface area contributed by atoms with Crippen molar-refractivity contribution in [2.24, 2.45) is 5.84 Å². The lowest BCUT2D eigenvalue weighted by atomic mass is 9.97. The second-order valence-corrected chi connectivity index (χ2v) is 6.32. The number of hydrazine groups is 1. The van der Waals surface area contributed by atoms with Gasteiger partial charge < -0.3 is 25.0 Å². The van der Waals surface area contributed by atoms with Gasteiger partial charge in [0.15, 0.2) is 0 Å². The number of aliphatic hydroxyl groups excluding tert-OH is 2. The Balaban J connectivity index is 2.86. The van der Waals surface area contributed by atoms with Crippen LogP contribution < -0.4 is 21.3 Å². The van der Waals surface area contributed by atoms with Gasteiger partial charge in [0.2, 0.25) is 0 Å². The lowest BCUT2D eigenvalue weighted by Crippen LogP contribution is -2.39. The van der Waals surface area contributed by atoms with E-state index < -0.39 is 29.8 Å². The van der Waals surface area contributed by atoms with Crippen LogP contribution in [0.2, 0.25) is 0 Å². The normalized spacial score (nSPS) is 13.6. The molecule has 1 aromatic rings. The molecule has 0 radical (unpaired) electrons. The molecule has 1 aromatic carbocycles. The third-order valence-electron chi connectivity index (χ3n) is 3.17. The predicted octanol–water partition coefficient (Wildman–Crippen LogP) is 0.218. The third kappa shape index (κ3) is 6.22. The number of carbonyl (C=O) groups excluding carboxylic acids is 2. The zero-order chi connectivity index (χ0) is 19.2. The van der Waals surface area contributed by atoms with Crippen molar-refractivity contribution in [1.29, 1.82) is 0 Å². The van der Waals surface area contributed by atoms with Crippen LogP contribution in [0.1, 0.15) is 42.8 Å². The Morgan fingerprint density at radius 2 is 1.92 bits per heavy atom. The molecule has 1 rings (SSSR count). The van der Waals surface area contributed by atoms with Gasteiger partial charge >= 0.3 is 6.09 Å². The van der Waals surface area contributed by atoms with Crippen molar-refractivity contribution in [3.8, 4) is 5.75 Å². The fourth-order valence-corrected chi connectivity index (χ4v) is 2.02. The van der Waals surface area contributed by atoms with Crippen LogP contribution in [-0.2, 0) is 4.74 Å². The first kappa shape index (κ1) is 20.7. The largest absolute Gasteiger partial charge is 0.497 e. The van der Waals surface area contributed by atoms with Crippen LogP contribution in [0.3, 0.4) is 0 Å². The second kappa shape index (κ2) is 8.65. The van der Waals surface area contributed by atoms with Crippen LogP contribution >= 0.6 is 0 Å². The zero-order valence-corrected chi connectivity index (χ0v) is 14.7. The van der Waals surface area contributed by atoms with Gasteiger partial charge in [-0.15, -0.1) is 0 Å². The summed E-state index contributed by atoms with van der Waals surface area (Å²) in [7, 11) is 1.43. The summed E-state index contributed by atoms with van der Waals surface area (Å²) >= 11 is 0. The number of nitrogen functional groups attached to an aromatic ring is 1. The molecule has 0 aliphatic rings. The molecule has 9 nitrogen and oxygen atoms in total. The molecule has 9 heteroatoms. The summed E-state index contributed by atoms with van der Waals surface area (Å²) in [6.07, 6.45) is -3.54. The van der Waals surface area contributed by atoms with E-state index in [1.807, 2.05) is 5.43 Å². The van der Waals surface area contributed by atoms with E-state index in [9.17, 15) is 19.8 Å². The highest BCUT2D eigenvalue weighted by atomic mass is 16.6. The van der Waals surface area contributed by atoms with Crippen molar-refractivity contribution < 1.29 is 29.3 Å². The molecule has 0 aromatic heterocycles. The van der Waals surface area contributed by atoms with E-state index in [1.165, 1.54) is 25.3 Å². The number of alkyl carbamates (subject to hydrolysis) is 1. The van der Waals surface area contributed by atoms with Crippen molar-refractivity contribution in [3.05, 3.63) is 29.3 Å². The summed E-state index contributed by atoms with van der Waals surface area (Å²) in [4.78, 5) is 23.5. The quantitative estimate of drug-likeness (QED) is 0.279. The fraction of sp³-hybridized carbons (Fsp3) is 0.500. The van der Waals surface area contributed by atoms with Gasteiger partial charge in [0.1, 0.15) is 23.6 Å². The van der Waals surface area contributed by atoms with E-state index in [4.69, 9.17) is 15.3 Å². The Morgan fingerprint density at radius 1 is 1.28 bits per heavy atom. The van der Waals surface area contributed by atoms with Crippen molar-refractivity contribution in [2.75, 3.05) is 13.7 Å². The summed E-state index contributed by atoms with van der Waals surface area (Å²) in [5, 5.41) is 22.8. The Kier molecular flexibility index (Phi) is 7.16. The second-order valence-electron chi connectivity index (χ2n) is 6.32. The summed E-state index contributed by atoms with van der Waals surface area (Å²) in [6, 6.07) is 4.35. The molecule has 2 amide bonds. The Labute approximate surface area is 146 Å².